The molecule has 0 unspecified atom stereocenters. The summed E-state index contributed by atoms with van der Waals surface area (Å²) in [6.45, 7) is 0. The molecule has 6 heteroatoms. The second-order valence-corrected chi connectivity index (χ2v) is 3.94. The molecule has 0 aromatic rings. The highest BCUT2D eigenvalue weighted by molar-refractivity contribution is 7.90. The van der Waals surface area contributed by atoms with E-state index in [1.54, 1.807) is 12.5 Å². The Hall–Kier alpha value is -1.01. The lowest BCUT2D eigenvalue weighted by Gasteiger charge is -2.17. The molecule has 0 atom stereocenters. The maximum atomic E-state index is 11.0. The van der Waals surface area contributed by atoms with Crippen LogP contribution in [0.3, 0.4) is 0 Å². The average molecular weight is 219 g/mol. The molecular formula is C8H11O5S. The Morgan fingerprint density at radius 1 is 1.36 bits per heavy atom. The summed E-state index contributed by atoms with van der Waals surface area (Å²) in [6, 6.07) is 0. The van der Waals surface area contributed by atoms with Crippen molar-refractivity contribution in [2.24, 2.45) is 0 Å². The van der Waals surface area contributed by atoms with Crippen LogP contribution in [0.5, 0.6) is 0 Å². The molecule has 1 aliphatic carbocycles. The van der Waals surface area contributed by atoms with Crippen LogP contribution in [0.15, 0.2) is 22.5 Å². The van der Waals surface area contributed by atoms with Gasteiger partial charge in [0, 0.05) is 6.42 Å². The number of rotatable bonds is 3. The largest absolute Gasteiger partial charge is 0.499 e. The first-order valence-electron chi connectivity index (χ1n) is 3.84. The van der Waals surface area contributed by atoms with Crippen molar-refractivity contribution in [2.75, 3.05) is 14.2 Å². The Morgan fingerprint density at radius 3 is 2.43 bits per heavy atom. The molecule has 1 radical (unpaired) electrons. The Balaban J connectivity index is 3.27. The Morgan fingerprint density at radius 2 is 2.00 bits per heavy atom. The van der Waals surface area contributed by atoms with E-state index in [-0.39, 0.29) is 16.4 Å². The van der Waals surface area contributed by atoms with Crippen molar-refractivity contribution in [2.45, 2.75) is 6.42 Å². The van der Waals surface area contributed by atoms with Crippen LogP contribution in [0.4, 0.5) is 0 Å². The summed E-state index contributed by atoms with van der Waals surface area (Å²) >= 11 is 0. The maximum Gasteiger partial charge on any atom is 0.301 e. The van der Waals surface area contributed by atoms with Gasteiger partial charge in [0.2, 0.25) is 0 Å². The molecular weight excluding hydrogens is 208 g/mol. The van der Waals surface area contributed by atoms with Crippen LogP contribution in [-0.4, -0.2) is 27.2 Å². The summed E-state index contributed by atoms with van der Waals surface area (Å²) in [7, 11) is -1.66. The van der Waals surface area contributed by atoms with E-state index in [2.05, 4.69) is 0 Å². The summed E-state index contributed by atoms with van der Waals surface area (Å²) in [5, 5.41) is 0. The van der Waals surface area contributed by atoms with E-state index in [0.29, 0.717) is 6.42 Å². The summed E-state index contributed by atoms with van der Waals surface area (Å²) in [6.07, 6.45) is 3.60. The predicted octanol–water partition coefficient (Wildman–Crippen LogP) is 0.870. The topological polar surface area (TPSA) is 72.8 Å². The van der Waals surface area contributed by atoms with Crippen molar-refractivity contribution in [3.8, 4) is 0 Å². The Labute approximate surface area is 82.8 Å². The molecule has 0 aromatic carbocycles. The molecule has 0 heterocycles. The number of allylic oxidation sites excluding steroid dienone is 2. The molecule has 0 fully saturated rings. The van der Waals surface area contributed by atoms with E-state index in [9.17, 15) is 8.42 Å². The van der Waals surface area contributed by atoms with Gasteiger partial charge in [-0.05, 0) is 12.5 Å². The average Bonchev–Trinajstić information content (AvgIpc) is 2.15. The van der Waals surface area contributed by atoms with Crippen molar-refractivity contribution in [3.05, 3.63) is 28.9 Å². The molecule has 1 N–H and O–H groups in total. The van der Waals surface area contributed by atoms with Crippen LogP contribution in [0, 0.1) is 6.42 Å². The first-order valence-corrected chi connectivity index (χ1v) is 5.28. The third-order valence-electron chi connectivity index (χ3n) is 1.75. The minimum absolute atomic E-state index is 0.104. The van der Waals surface area contributed by atoms with Gasteiger partial charge >= 0.3 is 10.1 Å². The molecule has 5 nitrogen and oxygen atoms in total. The van der Waals surface area contributed by atoms with Gasteiger partial charge in [-0.1, -0.05) is 0 Å². The van der Waals surface area contributed by atoms with Gasteiger partial charge in [-0.25, -0.2) is 0 Å². The molecule has 1 aliphatic rings. The lowest BCUT2D eigenvalue weighted by Crippen LogP contribution is -2.13. The molecule has 1 rings (SSSR count). The highest BCUT2D eigenvalue weighted by Crippen LogP contribution is 2.28. The van der Waals surface area contributed by atoms with Crippen molar-refractivity contribution < 1.29 is 22.4 Å². The van der Waals surface area contributed by atoms with Crippen LogP contribution in [0.25, 0.3) is 0 Å². The quantitative estimate of drug-likeness (QED) is 0.713. The fourth-order valence-corrected chi connectivity index (χ4v) is 2.03. The molecule has 0 aliphatic heterocycles. The second-order valence-electron chi connectivity index (χ2n) is 2.58. The maximum absolute atomic E-state index is 11.0. The van der Waals surface area contributed by atoms with Crippen molar-refractivity contribution in [1.82, 2.24) is 0 Å². The zero-order chi connectivity index (χ0) is 10.8. The number of methoxy groups -OCH3 is 2. The Kier molecular flexibility index (Phi) is 3.17. The number of ether oxygens (including phenoxy) is 2. The second kappa shape index (κ2) is 4.02. The van der Waals surface area contributed by atoms with Gasteiger partial charge in [-0.15, -0.1) is 0 Å². The van der Waals surface area contributed by atoms with Crippen LogP contribution in [0.2, 0.25) is 0 Å². The highest BCUT2D eigenvalue weighted by atomic mass is 32.2. The van der Waals surface area contributed by atoms with E-state index in [0.717, 1.165) is 0 Å². The molecule has 0 bridgehead atoms. The van der Waals surface area contributed by atoms with E-state index in [1.165, 1.54) is 14.2 Å². The van der Waals surface area contributed by atoms with Gasteiger partial charge < -0.3 is 9.47 Å². The van der Waals surface area contributed by atoms with Crippen LogP contribution in [0.1, 0.15) is 6.42 Å². The molecule has 0 saturated heterocycles. The lowest BCUT2D eigenvalue weighted by molar-refractivity contribution is 0.268. The van der Waals surface area contributed by atoms with Gasteiger partial charge in [-0.2, -0.15) is 8.42 Å². The zero-order valence-electron chi connectivity index (χ0n) is 7.85. The minimum atomic E-state index is -4.32. The Bertz CT molecular complexity index is 377. The number of hydrogen-bond donors (Lipinski definition) is 1. The summed E-state index contributed by atoms with van der Waals surface area (Å²) in [5.41, 5.74) is 0. The van der Waals surface area contributed by atoms with Crippen molar-refractivity contribution in [3.63, 3.8) is 0 Å². The standard InChI is InChI=1S/C8H11O5S/c1-12-6-4-3-5-7(13-2)8(6)14(9,10)11/h4-5H,3H2,1-2H3,(H,9,10,11). The smallest absolute Gasteiger partial charge is 0.301 e. The first kappa shape index (κ1) is 11.1. The molecule has 0 spiro atoms. The molecule has 0 saturated carbocycles. The van der Waals surface area contributed by atoms with Crippen LogP contribution in [-0.2, 0) is 19.6 Å². The van der Waals surface area contributed by atoms with Gasteiger partial charge in [0.25, 0.3) is 0 Å². The summed E-state index contributed by atoms with van der Waals surface area (Å²) in [5.74, 6) is 0.207. The van der Waals surface area contributed by atoms with Crippen molar-refractivity contribution >= 4 is 10.1 Å². The van der Waals surface area contributed by atoms with Gasteiger partial charge in [0.05, 0.1) is 14.2 Å². The fourth-order valence-electron chi connectivity index (χ4n) is 1.19. The van der Waals surface area contributed by atoms with E-state index >= 15 is 0 Å². The van der Waals surface area contributed by atoms with Crippen LogP contribution >= 0.6 is 0 Å². The van der Waals surface area contributed by atoms with Gasteiger partial charge in [0.1, 0.15) is 11.5 Å². The normalized spacial score (nSPS) is 17.8. The van der Waals surface area contributed by atoms with E-state index < -0.39 is 10.1 Å². The SMILES string of the molecule is COC1=CC[CH]C(OC)=C1S(=O)(=O)O. The highest BCUT2D eigenvalue weighted by Gasteiger charge is 2.28. The lowest BCUT2D eigenvalue weighted by atomic mass is 10.1. The number of hydrogen-bond acceptors (Lipinski definition) is 4. The van der Waals surface area contributed by atoms with Crippen LogP contribution < -0.4 is 0 Å². The third kappa shape index (κ3) is 2.08. The third-order valence-corrected chi connectivity index (χ3v) is 2.67. The van der Waals surface area contributed by atoms with Crippen molar-refractivity contribution in [1.29, 1.82) is 0 Å². The molecule has 0 aromatic heterocycles. The van der Waals surface area contributed by atoms with E-state index in [4.69, 9.17) is 14.0 Å². The molecule has 0 amide bonds. The monoisotopic (exact) mass is 219 g/mol. The molecule has 14 heavy (non-hydrogen) atoms. The summed E-state index contributed by atoms with van der Waals surface area (Å²) in [4.78, 5) is -0.325. The fraction of sp³-hybridized carbons (Fsp3) is 0.375. The minimum Gasteiger partial charge on any atom is -0.499 e. The van der Waals surface area contributed by atoms with E-state index in [1.807, 2.05) is 0 Å². The van der Waals surface area contributed by atoms with Gasteiger partial charge in [0.15, 0.2) is 4.91 Å². The zero-order valence-corrected chi connectivity index (χ0v) is 8.67. The molecule has 79 valence electrons. The van der Waals surface area contributed by atoms with Gasteiger partial charge in [-0.3, -0.25) is 4.55 Å². The predicted molar refractivity (Wildman–Crippen MR) is 49.6 cm³/mol. The first-order chi connectivity index (χ1) is 6.50. The summed E-state index contributed by atoms with van der Waals surface area (Å²) < 4.78 is 40.6.